The van der Waals surface area contributed by atoms with E-state index in [1.54, 1.807) is 24.1 Å². The lowest BCUT2D eigenvalue weighted by atomic mass is 10.0. The van der Waals surface area contributed by atoms with E-state index in [9.17, 15) is 35.9 Å². The molecule has 4 aromatic rings. The van der Waals surface area contributed by atoms with Gasteiger partial charge in [0.1, 0.15) is 5.75 Å². The van der Waals surface area contributed by atoms with E-state index in [0.717, 1.165) is 0 Å². The first kappa shape index (κ1) is 34.2. The Hall–Kier alpha value is -5.15. The largest absolute Gasteiger partial charge is 0.465 e. The maximum atomic E-state index is 13.7. The maximum Gasteiger partial charge on any atom is 0.416 e. The van der Waals surface area contributed by atoms with E-state index in [1.165, 1.54) is 53.6 Å². The summed E-state index contributed by atoms with van der Waals surface area (Å²) in [5.41, 5.74) is -1.73. The third-order valence-electron chi connectivity index (χ3n) is 7.93. The van der Waals surface area contributed by atoms with Gasteiger partial charge < -0.3 is 19.3 Å². The second kappa shape index (κ2) is 13.5. The Labute approximate surface area is 270 Å². The van der Waals surface area contributed by atoms with Crippen molar-refractivity contribution < 1.29 is 45.4 Å². The van der Waals surface area contributed by atoms with Gasteiger partial charge in [-0.3, -0.25) is 4.68 Å². The van der Waals surface area contributed by atoms with Crippen LogP contribution in [-0.4, -0.2) is 62.4 Å². The highest BCUT2D eigenvalue weighted by molar-refractivity contribution is 5.90. The van der Waals surface area contributed by atoms with Gasteiger partial charge in [-0.2, -0.15) is 31.4 Å². The Morgan fingerprint density at radius 2 is 1.62 bits per heavy atom. The van der Waals surface area contributed by atoms with Crippen LogP contribution >= 0.6 is 0 Å². The molecule has 10 nitrogen and oxygen atoms in total. The zero-order valence-corrected chi connectivity index (χ0v) is 25.9. The number of halogens is 6. The summed E-state index contributed by atoms with van der Waals surface area (Å²) in [6.07, 6.45) is -3.80. The molecule has 16 heteroatoms. The Balaban J connectivity index is 1.48. The number of nitrogens with zero attached hydrogens (tertiary/aromatic N) is 6. The first-order valence-electron chi connectivity index (χ1n) is 14.7. The van der Waals surface area contributed by atoms with Gasteiger partial charge in [0, 0.05) is 55.9 Å². The molecule has 1 aliphatic heterocycles. The number of hydrogen-bond acceptors (Lipinski definition) is 8. The summed E-state index contributed by atoms with van der Waals surface area (Å²) in [5.74, 6) is -0.514. The van der Waals surface area contributed by atoms with Crippen molar-refractivity contribution in [1.82, 2.24) is 24.6 Å². The fourth-order valence-corrected chi connectivity index (χ4v) is 5.55. The highest BCUT2D eigenvalue weighted by Gasteiger charge is 2.41. The molecule has 1 saturated heterocycles. The number of carbonyl (C=O) groups excluding carboxylic acids is 2. The molecule has 0 aliphatic carbocycles. The number of rotatable bonds is 8. The summed E-state index contributed by atoms with van der Waals surface area (Å²) in [6.45, 7) is 1.40. The van der Waals surface area contributed by atoms with Crippen LogP contribution < -0.4 is 9.64 Å². The lowest BCUT2D eigenvalue weighted by Crippen LogP contribution is -2.41. The van der Waals surface area contributed by atoms with Crippen LogP contribution in [0.4, 0.5) is 37.1 Å². The lowest BCUT2D eigenvalue weighted by molar-refractivity contribution is -0.143. The third kappa shape index (κ3) is 7.69. The molecule has 0 unspecified atom stereocenters. The van der Waals surface area contributed by atoms with Crippen molar-refractivity contribution in [2.75, 3.05) is 18.6 Å². The fraction of sp³-hybridized carbons (Fsp3) is 0.344. The van der Waals surface area contributed by atoms with Crippen LogP contribution in [0.3, 0.4) is 0 Å². The van der Waals surface area contributed by atoms with E-state index in [0.29, 0.717) is 29.7 Å². The molecule has 48 heavy (non-hydrogen) atoms. The van der Waals surface area contributed by atoms with Crippen molar-refractivity contribution in [2.24, 2.45) is 7.05 Å². The maximum absolute atomic E-state index is 13.7. The standard InChI is InChI=1S/C32H30F6N6O4/c1-4-25-12-26(18-44(25)30(46)48-27-7-5-6-20(10-27)28(45)47-3)43(29-39-13-21(14-40-29)22-15-41-42(2)17-22)16-19-8-23(31(33,34)35)11-24(9-19)32(36,37)38/h5-11,13-15,17,25-26H,4,12,16,18H2,1-3H3/t25-,26+/m1/s1. The summed E-state index contributed by atoms with van der Waals surface area (Å²) >= 11 is 0. The average molecular weight is 677 g/mol. The van der Waals surface area contributed by atoms with Crippen LogP contribution in [0, 0.1) is 0 Å². The topological polar surface area (TPSA) is 103 Å². The van der Waals surface area contributed by atoms with E-state index in [4.69, 9.17) is 9.47 Å². The van der Waals surface area contributed by atoms with Gasteiger partial charge in [0.05, 0.1) is 36.0 Å². The number of anilines is 1. The SMILES string of the molecule is CC[C@@H]1C[C@H](N(Cc2cc(C(F)(F)F)cc(C(F)(F)F)c2)c2ncc(-c3cnn(C)c3)cn2)CN1C(=O)Oc1cccc(C(=O)OC)c1. The molecule has 254 valence electrons. The number of amides is 1. The minimum atomic E-state index is -5.03. The van der Waals surface area contributed by atoms with E-state index in [-0.39, 0.29) is 41.9 Å². The minimum absolute atomic E-state index is 0.00710. The summed E-state index contributed by atoms with van der Waals surface area (Å²) in [4.78, 5) is 37.1. The number of esters is 1. The predicted octanol–water partition coefficient (Wildman–Crippen LogP) is 6.76. The van der Waals surface area contributed by atoms with Crippen molar-refractivity contribution in [3.63, 3.8) is 0 Å². The van der Waals surface area contributed by atoms with Crippen LogP contribution in [0.2, 0.25) is 0 Å². The number of likely N-dealkylation sites (tertiary alicyclic amines) is 1. The smallest absolute Gasteiger partial charge is 0.416 e. The molecule has 2 atom stereocenters. The van der Waals surface area contributed by atoms with Crippen LogP contribution in [-0.2, 0) is 30.7 Å². The van der Waals surface area contributed by atoms with Gasteiger partial charge in [-0.25, -0.2) is 19.6 Å². The number of methoxy groups -OCH3 is 1. The number of benzene rings is 2. The molecule has 0 spiro atoms. The van der Waals surface area contributed by atoms with Crippen LogP contribution in [0.5, 0.6) is 5.75 Å². The monoisotopic (exact) mass is 676 g/mol. The summed E-state index contributed by atoms with van der Waals surface area (Å²) in [6, 6.07) is 6.19. The van der Waals surface area contributed by atoms with Gasteiger partial charge in [-0.05, 0) is 54.8 Å². The Kier molecular flexibility index (Phi) is 9.64. The zero-order chi connectivity index (χ0) is 34.8. The quantitative estimate of drug-likeness (QED) is 0.149. The number of alkyl halides is 6. The van der Waals surface area contributed by atoms with Gasteiger partial charge in [-0.15, -0.1) is 0 Å². The molecule has 0 N–H and O–H groups in total. The van der Waals surface area contributed by atoms with Crippen LogP contribution in [0.25, 0.3) is 11.1 Å². The second-order valence-corrected chi connectivity index (χ2v) is 11.2. The van der Waals surface area contributed by atoms with Crippen molar-refractivity contribution in [3.8, 4) is 16.9 Å². The highest BCUT2D eigenvalue weighted by Crippen LogP contribution is 2.37. The van der Waals surface area contributed by atoms with Crippen molar-refractivity contribution in [3.05, 3.63) is 89.5 Å². The molecule has 0 saturated carbocycles. The molecule has 1 amide bonds. The summed E-state index contributed by atoms with van der Waals surface area (Å²) < 4.78 is 94.1. The van der Waals surface area contributed by atoms with Gasteiger partial charge in [0.2, 0.25) is 5.95 Å². The Morgan fingerprint density at radius 1 is 0.958 bits per heavy atom. The van der Waals surface area contributed by atoms with E-state index in [2.05, 4.69) is 15.1 Å². The summed E-state index contributed by atoms with van der Waals surface area (Å²) in [5, 5.41) is 4.11. The molecule has 1 aliphatic rings. The van der Waals surface area contributed by atoms with Crippen LogP contribution in [0.1, 0.15) is 46.8 Å². The molecular formula is C32H30F6N6O4. The average Bonchev–Trinajstić information content (AvgIpc) is 3.69. The first-order chi connectivity index (χ1) is 22.7. The normalized spacial score (nSPS) is 16.6. The van der Waals surface area contributed by atoms with Gasteiger partial charge >= 0.3 is 24.4 Å². The number of carbonyl (C=O) groups is 2. The number of ether oxygens (including phenoxy) is 2. The predicted molar refractivity (Wildman–Crippen MR) is 160 cm³/mol. The summed E-state index contributed by atoms with van der Waals surface area (Å²) in [7, 11) is 2.93. The molecule has 2 aromatic carbocycles. The van der Waals surface area contributed by atoms with Crippen molar-refractivity contribution in [1.29, 1.82) is 0 Å². The Morgan fingerprint density at radius 3 is 2.19 bits per heavy atom. The molecule has 0 radical (unpaired) electrons. The molecule has 3 heterocycles. The fourth-order valence-electron chi connectivity index (χ4n) is 5.55. The second-order valence-electron chi connectivity index (χ2n) is 11.2. The minimum Gasteiger partial charge on any atom is -0.465 e. The lowest BCUT2D eigenvalue weighted by Gasteiger charge is -2.29. The third-order valence-corrected chi connectivity index (χ3v) is 7.93. The molecular weight excluding hydrogens is 646 g/mol. The van der Waals surface area contributed by atoms with Gasteiger partial charge in [0.15, 0.2) is 0 Å². The number of aromatic nitrogens is 4. The van der Waals surface area contributed by atoms with Crippen molar-refractivity contribution in [2.45, 2.75) is 50.7 Å². The molecule has 0 bridgehead atoms. The van der Waals surface area contributed by atoms with E-state index >= 15 is 0 Å². The van der Waals surface area contributed by atoms with Crippen molar-refractivity contribution >= 4 is 18.0 Å². The van der Waals surface area contributed by atoms with Gasteiger partial charge in [-0.1, -0.05) is 13.0 Å². The first-order valence-corrected chi connectivity index (χ1v) is 14.7. The number of aryl methyl sites for hydroxylation is 1. The van der Waals surface area contributed by atoms with Gasteiger partial charge in [0.25, 0.3) is 0 Å². The molecule has 2 aromatic heterocycles. The van der Waals surface area contributed by atoms with Crippen LogP contribution in [0.15, 0.2) is 67.3 Å². The Bertz CT molecular complexity index is 1740. The number of hydrogen-bond donors (Lipinski definition) is 0. The zero-order valence-electron chi connectivity index (χ0n) is 25.9. The molecule has 1 fully saturated rings. The highest BCUT2D eigenvalue weighted by atomic mass is 19.4. The molecule has 5 rings (SSSR count). The van der Waals surface area contributed by atoms with E-state index in [1.807, 2.05) is 6.92 Å². The van der Waals surface area contributed by atoms with E-state index < -0.39 is 54.2 Å².